The number of rotatable bonds is 2. The summed E-state index contributed by atoms with van der Waals surface area (Å²) in [7, 11) is 3.57. The van der Waals surface area contributed by atoms with Crippen molar-refractivity contribution >= 4 is 22.5 Å². The second-order valence-electron chi connectivity index (χ2n) is 4.50. The number of aromatic nitrogens is 4. The minimum atomic E-state index is 0.475. The molecule has 102 valence electrons. The molecule has 5 nitrogen and oxygen atoms in total. The molecule has 0 bridgehead atoms. The highest BCUT2D eigenvalue weighted by Crippen LogP contribution is 2.34. The van der Waals surface area contributed by atoms with Crippen molar-refractivity contribution in [2.45, 2.75) is 6.92 Å². The normalized spacial score (nSPS) is 11.0. The zero-order valence-electron chi connectivity index (χ0n) is 11.4. The van der Waals surface area contributed by atoms with E-state index in [-0.39, 0.29) is 0 Å². The van der Waals surface area contributed by atoms with Crippen molar-refractivity contribution in [3.05, 3.63) is 35.5 Å². The van der Waals surface area contributed by atoms with E-state index in [2.05, 4.69) is 15.0 Å². The van der Waals surface area contributed by atoms with E-state index in [9.17, 15) is 0 Å². The summed E-state index contributed by atoms with van der Waals surface area (Å²) in [5.41, 5.74) is 3.71. The molecule has 0 aliphatic carbocycles. The van der Waals surface area contributed by atoms with Gasteiger partial charge in [0.05, 0.1) is 35.8 Å². The van der Waals surface area contributed by atoms with Gasteiger partial charge in [0.2, 0.25) is 5.88 Å². The monoisotopic (exact) mass is 288 g/mol. The Labute approximate surface area is 121 Å². The number of nitrogens with zero attached hydrogens (tertiary/aromatic N) is 4. The van der Waals surface area contributed by atoms with Gasteiger partial charge in [-0.15, -0.1) is 0 Å². The van der Waals surface area contributed by atoms with Crippen LogP contribution in [0.3, 0.4) is 0 Å². The van der Waals surface area contributed by atoms with Gasteiger partial charge in [0, 0.05) is 12.4 Å². The maximum Gasteiger partial charge on any atom is 0.225 e. The highest BCUT2D eigenvalue weighted by molar-refractivity contribution is 6.30. The number of pyridine rings is 1. The average molecular weight is 289 g/mol. The number of hydrogen-bond donors (Lipinski definition) is 0. The van der Waals surface area contributed by atoms with E-state index in [0.29, 0.717) is 11.0 Å². The van der Waals surface area contributed by atoms with E-state index in [1.807, 2.05) is 30.7 Å². The van der Waals surface area contributed by atoms with Gasteiger partial charge in [-0.2, -0.15) is 0 Å². The minimum Gasteiger partial charge on any atom is -0.480 e. The summed E-state index contributed by atoms with van der Waals surface area (Å²) in [6.07, 6.45) is 3.26. The molecule has 0 aliphatic rings. The van der Waals surface area contributed by atoms with Gasteiger partial charge in [-0.05, 0) is 19.1 Å². The lowest BCUT2D eigenvalue weighted by Crippen LogP contribution is -2.00. The van der Waals surface area contributed by atoms with Crippen LogP contribution in [0.15, 0.2) is 24.7 Å². The van der Waals surface area contributed by atoms with Crippen LogP contribution < -0.4 is 4.74 Å². The molecule has 0 amide bonds. The third kappa shape index (κ3) is 1.91. The van der Waals surface area contributed by atoms with Crippen molar-refractivity contribution in [1.29, 1.82) is 0 Å². The number of aryl methyl sites for hydroxylation is 2. The quantitative estimate of drug-likeness (QED) is 0.680. The largest absolute Gasteiger partial charge is 0.480 e. The molecule has 20 heavy (non-hydrogen) atoms. The number of ether oxygens (including phenoxy) is 1. The number of halogens is 1. The zero-order valence-corrected chi connectivity index (χ0v) is 12.1. The van der Waals surface area contributed by atoms with E-state index < -0.39 is 0 Å². The van der Waals surface area contributed by atoms with Gasteiger partial charge in [0.1, 0.15) is 11.5 Å². The fraction of sp³-hybridized carbons (Fsp3) is 0.214. The van der Waals surface area contributed by atoms with Crippen LogP contribution in [0, 0.1) is 6.92 Å². The molecule has 0 spiro atoms. The third-order valence-electron chi connectivity index (χ3n) is 3.35. The summed E-state index contributed by atoms with van der Waals surface area (Å²) >= 11 is 5.95. The van der Waals surface area contributed by atoms with Crippen LogP contribution in [0.5, 0.6) is 5.88 Å². The number of hydrogen-bond acceptors (Lipinski definition) is 4. The molecule has 6 heteroatoms. The van der Waals surface area contributed by atoms with Gasteiger partial charge in [-0.1, -0.05) is 11.6 Å². The van der Waals surface area contributed by atoms with Crippen molar-refractivity contribution in [3.8, 4) is 17.1 Å². The summed E-state index contributed by atoms with van der Waals surface area (Å²) in [4.78, 5) is 12.5. The summed E-state index contributed by atoms with van der Waals surface area (Å²) in [6, 6.07) is 3.88. The second kappa shape index (κ2) is 4.76. The molecule has 3 rings (SSSR count). The number of methoxy groups -OCH3 is 1. The topological polar surface area (TPSA) is 52.8 Å². The number of fused-ring (bicyclic) bond motifs is 1. The van der Waals surface area contributed by atoms with Crippen LogP contribution in [0.1, 0.15) is 5.69 Å². The summed E-state index contributed by atoms with van der Waals surface area (Å²) in [6.45, 7) is 1.93. The van der Waals surface area contributed by atoms with Crippen molar-refractivity contribution in [2.75, 3.05) is 7.11 Å². The predicted molar refractivity (Wildman–Crippen MR) is 78.0 cm³/mol. The smallest absolute Gasteiger partial charge is 0.225 e. The van der Waals surface area contributed by atoms with Crippen LogP contribution in [0.25, 0.3) is 22.2 Å². The fourth-order valence-electron chi connectivity index (χ4n) is 2.35. The molecule has 3 aromatic rings. The standard InChI is InChI=1S/C14H13ClN4O/c1-8-13(14(20-3)18-7-17-8)10-4-9-5-12(15)16-6-11(9)19(10)2/h4-7H,1-3H3. The Hall–Kier alpha value is -2.14. The van der Waals surface area contributed by atoms with Crippen LogP contribution in [0.4, 0.5) is 0 Å². The summed E-state index contributed by atoms with van der Waals surface area (Å²) in [5, 5.41) is 1.50. The van der Waals surface area contributed by atoms with Crippen LogP contribution >= 0.6 is 11.6 Å². The fourth-order valence-corrected chi connectivity index (χ4v) is 2.51. The molecule has 0 saturated heterocycles. The molecule has 3 aromatic heterocycles. The highest BCUT2D eigenvalue weighted by Gasteiger charge is 2.16. The van der Waals surface area contributed by atoms with Gasteiger partial charge in [-0.3, -0.25) is 0 Å². The summed E-state index contributed by atoms with van der Waals surface area (Å²) in [5.74, 6) is 0.558. The van der Waals surface area contributed by atoms with Gasteiger partial charge in [0.25, 0.3) is 0 Å². The first-order valence-electron chi connectivity index (χ1n) is 6.08. The first-order valence-corrected chi connectivity index (χ1v) is 6.46. The first-order chi connectivity index (χ1) is 9.61. The Morgan fingerprint density at radius 1 is 1.20 bits per heavy atom. The van der Waals surface area contributed by atoms with Crippen LogP contribution in [0.2, 0.25) is 5.15 Å². The lowest BCUT2D eigenvalue weighted by atomic mass is 10.1. The molecule has 0 aliphatic heterocycles. The molecule has 0 saturated carbocycles. The first kappa shape index (κ1) is 12.9. The Balaban J connectivity index is 2.33. The van der Waals surface area contributed by atoms with E-state index >= 15 is 0 Å². The molecule has 0 fully saturated rings. The highest BCUT2D eigenvalue weighted by atomic mass is 35.5. The predicted octanol–water partition coefficient (Wildman–Crippen LogP) is 3.00. The van der Waals surface area contributed by atoms with Crippen molar-refractivity contribution in [3.63, 3.8) is 0 Å². The SMILES string of the molecule is COc1ncnc(C)c1-c1cc2cc(Cl)ncc2n1C. The lowest BCUT2D eigenvalue weighted by Gasteiger charge is -2.10. The maximum atomic E-state index is 5.95. The Kier molecular flexibility index (Phi) is 3.06. The molecule has 0 atom stereocenters. The van der Waals surface area contributed by atoms with E-state index in [1.165, 1.54) is 6.33 Å². The molecule has 0 radical (unpaired) electrons. The third-order valence-corrected chi connectivity index (χ3v) is 3.55. The molecular formula is C14H13ClN4O. The van der Waals surface area contributed by atoms with E-state index in [1.54, 1.807) is 13.3 Å². The maximum absolute atomic E-state index is 5.95. The van der Waals surface area contributed by atoms with Crippen LogP contribution in [-0.4, -0.2) is 26.6 Å². The summed E-state index contributed by atoms with van der Waals surface area (Å²) < 4.78 is 7.38. The molecule has 0 aromatic carbocycles. The molecule has 3 heterocycles. The van der Waals surface area contributed by atoms with E-state index in [0.717, 1.165) is 27.9 Å². The van der Waals surface area contributed by atoms with Crippen molar-refractivity contribution < 1.29 is 4.74 Å². The van der Waals surface area contributed by atoms with E-state index in [4.69, 9.17) is 16.3 Å². The average Bonchev–Trinajstić information content (AvgIpc) is 2.74. The van der Waals surface area contributed by atoms with Gasteiger partial charge < -0.3 is 9.30 Å². The van der Waals surface area contributed by atoms with Gasteiger partial charge in [0.15, 0.2) is 0 Å². The Bertz CT molecular complexity index is 797. The zero-order chi connectivity index (χ0) is 14.3. The van der Waals surface area contributed by atoms with Crippen molar-refractivity contribution in [2.24, 2.45) is 7.05 Å². The lowest BCUT2D eigenvalue weighted by molar-refractivity contribution is 0.398. The Morgan fingerprint density at radius 3 is 2.75 bits per heavy atom. The van der Waals surface area contributed by atoms with Crippen molar-refractivity contribution in [1.82, 2.24) is 19.5 Å². The van der Waals surface area contributed by atoms with Gasteiger partial charge >= 0.3 is 0 Å². The second-order valence-corrected chi connectivity index (χ2v) is 4.89. The molecular weight excluding hydrogens is 276 g/mol. The van der Waals surface area contributed by atoms with Gasteiger partial charge in [-0.25, -0.2) is 15.0 Å². The minimum absolute atomic E-state index is 0.475. The molecule has 0 N–H and O–H groups in total. The van der Waals surface area contributed by atoms with Crippen LogP contribution in [-0.2, 0) is 7.05 Å². The molecule has 0 unspecified atom stereocenters. The Morgan fingerprint density at radius 2 is 2.00 bits per heavy atom.